The van der Waals surface area contributed by atoms with E-state index in [1.54, 1.807) is 0 Å². The summed E-state index contributed by atoms with van der Waals surface area (Å²) in [6.45, 7) is 2.02. The predicted molar refractivity (Wildman–Crippen MR) is 22.4 cm³/mol. The molecule has 0 fully saturated rings. The van der Waals surface area contributed by atoms with E-state index in [1.807, 2.05) is 6.61 Å². The molecular weight excluding hydrogens is 151 g/mol. The second-order valence-electron chi connectivity index (χ2n) is 1.35. The van der Waals surface area contributed by atoms with Crippen LogP contribution in [0, 0.1) is 6.61 Å². The van der Waals surface area contributed by atoms with Crippen molar-refractivity contribution in [1.29, 1.82) is 0 Å². The van der Waals surface area contributed by atoms with Gasteiger partial charge in [0.2, 0.25) is 0 Å². The Morgan fingerprint density at radius 3 is 2.60 bits per heavy atom. The van der Waals surface area contributed by atoms with Gasteiger partial charge in [-0.3, -0.25) is 0 Å². The maximum atomic E-state index is 11.3. The summed E-state index contributed by atoms with van der Waals surface area (Å²) in [6, 6.07) is 0. The topological polar surface area (TPSA) is 21.7 Å². The van der Waals surface area contributed by atoms with Crippen molar-refractivity contribution in [1.82, 2.24) is 5.23 Å². The van der Waals surface area contributed by atoms with Gasteiger partial charge in [0.1, 0.15) is 0 Å². The molecule has 6 heteroatoms. The highest BCUT2D eigenvalue weighted by Crippen LogP contribution is 2.20. The van der Waals surface area contributed by atoms with E-state index >= 15 is 0 Å². The Kier molecular flexibility index (Phi) is 1.82. The standard InChI is InChI=1S/C4H2F3NO2/c5-4(6,7)10-8-2-1-3-9-8/h1-2H. The van der Waals surface area contributed by atoms with Crippen LogP contribution in [-0.2, 0) is 9.68 Å². The molecular formula is C4H2F3NO2. The van der Waals surface area contributed by atoms with Gasteiger partial charge in [0.05, 0.1) is 6.20 Å². The monoisotopic (exact) mass is 153 g/mol. The summed E-state index contributed by atoms with van der Waals surface area (Å²) in [5.74, 6) is 0. The lowest BCUT2D eigenvalue weighted by molar-refractivity contribution is -0.467. The van der Waals surface area contributed by atoms with Crippen LogP contribution in [0.3, 0.4) is 0 Å². The highest BCUT2D eigenvalue weighted by Gasteiger charge is 2.34. The summed E-state index contributed by atoms with van der Waals surface area (Å²) >= 11 is 0. The molecule has 0 bridgehead atoms. The first kappa shape index (κ1) is 7.36. The van der Waals surface area contributed by atoms with Crippen molar-refractivity contribution in [2.75, 3.05) is 0 Å². The fraction of sp³-hybridized carbons (Fsp3) is 0.250. The summed E-state index contributed by atoms with van der Waals surface area (Å²) < 4.78 is 33.9. The molecule has 0 aromatic carbocycles. The Balaban J connectivity index is 2.31. The lowest BCUT2D eigenvalue weighted by Gasteiger charge is -2.13. The second-order valence-corrected chi connectivity index (χ2v) is 1.35. The first-order valence-electron chi connectivity index (χ1n) is 2.22. The normalized spacial score (nSPS) is 18.5. The van der Waals surface area contributed by atoms with E-state index in [4.69, 9.17) is 0 Å². The molecule has 3 nitrogen and oxygen atoms in total. The SMILES string of the molecule is FC(F)(F)ON1C=C[C]O1. The Bertz CT molecular complexity index is 144. The van der Waals surface area contributed by atoms with Crippen LogP contribution >= 0.6 is 0 Å². The fourth-order valence-corrected chi connectivity index (χ4v) is 0.355. The quantitative estimate of drug-likeness (QED) is 0.565. The molecule has 0 unspecified atom stereocenters. The summed E-state index contributed by atoms with van der Waals surface area (Å²) in [4.78, 5) is 7.32. The average molecular weight is 153 g/mol. The molecule has 0 spiro atoms. The number of rotatable bonds is 1. The highest BCUT2D eigenvalue weighted by atomic mass is 19.4. The second kappa shape index (κ2) is 2.47. The summed E-state index contributed by atoms with van der Waals surface area (Å²) in [5.41, 5.74) is 0. The maximum Gasteiger partial charge on any atom is 0.545 e. The van der Waals surface area contributed by atoms with Crippen LogP contribution in [0.4, 0.5) is 13.2 Å². The van der Waals surface area contributed by atoms with Crippen molar-refractivity contribution in [2.45, 2.75) is 6.36 Å². The third kappa shape index (κ3) is 2.24. The van der Waals surface area contributed by atoms with E-state index < -0.39 is 6.36 Å². The first-order valence-corrected chi connectivity index (χ1v) is 2.22. The van der Waals surface area contributed by atoms with E-state index in [2.05, 4.69) is 9.68 Å². The number of alkyl halides is 3. The third-order valence-corrected chi connectivity index (χ3v) is 0.600. The molecule has 0 aliphatic carbocycles. The van der Waals surface area contributed by atoms with Gasteiger partial charge in [-0.1, -0.05) is 0 Å². The van der Waals surface area contributed by atoms with Crippen LogP contribution < -0.4 is 0 Å². The summed E-state index contributed by atoms with van der Waals surface area (Å²) in [5, 5.41) is 0.153. The minimum Gasteiger partial charge on any atom is -0.230 e. The van der Waals surface area contributed by atoms with Gasteiger partial charge < -0.3 is 0 Å². The average Bonchev–Trinajstić information content (AvgIpc) is 2.12. The maximum absolute atomic E-state index is 11.3. The number of hydrogen-bond donors (Lipinski definition) is 0. The van der Waals surface area contributed by atoms with Crippen molar-refractivity contribution in [3.05, 3.63) is 18.9 Å². The summed E-state index contributed by atoms with van der Waals surface area (Å²) in [6.07, 6.45) is -2.64. The van der Waals surface area contributed by atoms with Gasteiger partial charge in [-0.05, 0) is 6.08 Å². The third-order valence-electron chi connectivity index (χ3n) is 0.600. The highest BCUT2D eigenvalue weighted by molar-refractivity contribution is 4.89. The minimum atomic E-state index is -4.73. The van der Waals surface area contributed by atoms with Crippen molar-refractivity contribution in [2.24, 2.45) is 0 Å². The van der Waals surface area contributed by atoms with Gasteiger partial charge in [0.25, 0.3) is 0 Å². The van der Waals surface area contributed by atoms with E-state index in [0.717, 1.165) is 12.3 Å². The van der Waals surface area contributed by atoms with Crippen LogP contribution in [0.2, 0.25) is 0 Å². The predicted octanol–water partition coefficient (Wildman–Crippen LogP) is 1.24. The van der Waals surface area contributed by atoms with E-state index in [0.29, 0.717) is 0 Å². The van der Waals surface area contributed by atoms with Crippen LogP contribution in [0.15, 0.2) is 12.3 Å². The zero-order valence-corrected chi connectivity index (χ0v) is 4.55. The van der Waals surface area contributed by atoms with Gasteiger partial charge in [-0.25, -0.2) is 4.84 Å². The largest absolute Gasteiger partial charge is 0.545 e. The van der Waals surface area contributed by atoms with Crippen LogP contribution in [0.25, 0.3) is 0 Å². The van der Waals surface area contributed by atoms with Crippen molar-refractivity contribution in [3.63, 3.8) is 0 Å². The van der Waals surface area contributed by atoms with E-state index in [1.165, 1.54) is 0 Å². The zero-order chi connectivity index (χ0) is 7.61. The molecule has 1 aliphatic heterocycles. The molecule has 0 N–H and O–H groups in total. The zero-order valence-electron chi connectivity index (χ0n) is 4.55. The Morgan fingerprint density at radius 2 is 2.20 bits per heavy atom. The van der Waals surface area contributed by atoms with Crippen molar-refractivity contribution >= 4 is 0 Å². The van der Waals surface area contributed by atoms with Gasteiger partial charge in [-0.15, -0.1) is 23.2 Å². The molecule has 2 radical (unpaired) electrons. The van der Waals surface area contributed by atoms with Crippen molar-refractivity contribution < 1.29 is 22.8 Å². The molecule has 10 heavy (non-hydrogen) atoms. The smallest absolute Gasteiger partial charge is 0.230 e. The van der Waals surface area contributed by atoms with Gasteiger partial charge >= 0.3 is 6.36 Å². The van der Waals surface area contributed by atoms with Gasteiger partial charge in [-0.2, -0.15) is 0 Å². The minimum absolute atomic E-state index is 0.153. The molecule has 1 heterocycles. The Morgan fingerprint density at radius 1 is 1.50 bits per heavy atom. The van der Waals surface area contributed by atoms with Crippen molar-refractivity contribution in [3.8, 4) is 0 Å². The number of hydrogen-bond acceptors (Lipinski definition) is 3. The molecule has 56 valence electrons. The molecule has 0 aromatic heterocycles. The molecule has 0 atom stereocenters. The molecule has 1 rings (SSSR count). The Labute approximate surface area is 54.5 Å². The first-order chi connectivity index (χ1) is 4.58. The summed E-state index contributed by atoms with van der Waals surface area (Å²) in [7, 11) is 0. The lowest BCUT2D eigenvalue weighted by atomic mass is 10.7. The van der Waals surface area contributed by atoms with Gasteiger partial charge in [0, 0.05) is 0 Å². The molecule has 1 aliphatic rings. The fourth-order valence-electron chi connectivity index (χ4n) is 0.355. The lowest BCUT2D eigenvalue weighted by Crippen LogP contribution is -2.24. The Hall–Kier alpha value is -0.750. The van der Waals surface area contributed by atoms with Gasteiger partial charge in [0.15, 0.2) is 6.61 Å². The molecule has 0 amide bonds. The molecule has 0 saturated carbocycles. The van der Waals surface area contributed by atoms with Crippen LogP contribution in [0.5, 0.6) is 0 Å². The molecule has 0 aromatic rings. The van der Waals surface area contributed by atoms with Crippen LogP contribution in [0.1, 0.15) is 0 Å². The van der Waals surface area contributed by atoms with E-state index in [-0.39, 0.29) is 5.23 Å². The number of halogens is 3. The van der Waals surface area contributed by atoms with E-state index in [9.17, 15) is 13.2 Å². The molecule has 0 saturated heterocycles. The van der Waals surface area contributed by atoms with Crippen LogP contribution in [-0.4, -0.2) is 11.6 Å². The number of hydroxylamine groups is 2. The number of nitrogens with zero attached hydrogens (tertiary/aromatic N) is 1.